The molecule has 0 rings (SSSR count). The van der Waals surface area contributed by atoms with Crippen LogP contribution in [0.4, 0.5) is 30.7 Å². The summed E-state index contributed by atoms with van der Waals surface area (Å²) in [4.78, 5) is 0. The Morgan fingerprint density at radius 1 is 0.548 bits per heavy atom. The third kappa shape index (κ3) is 22.2. The second-order valence-electron chi connectivity index (χ2n) is 11.8. The van der Waals surface area contributed by atoms with Crippen molar-refractivity contribution in [1.29, 1.82) is 0 Å². The predicted molar refractivity (Wildman–Crippen MR) is 147 cm³/mol. The zero-order valence-electron chi connectivity index (χ0n) is 26.0. The zero-order valence-corrected chi connectivity index (χ0v) is 26.8. The highest BCUT2D eigenvalue weighted by atomic mass is 35.5. The number of likely N-dealkylation sites (N-methyl/N-ethyl adjacent to an activating group) is 1. The molecule has 0 radical (unpaired) electrons. The SMILES string of the molecule is COC(COCCCCCCCCCCCCCCCC(F)(F)C(F)(F)C(F)(F)F)COCCOCC[N+](C)(C)C.[Cl-]. The first kappa shape index (κ1) is 43.7. The summed E-state index contributed by atoms with van der Waals surface area (Å²) in [5, 5.41) is 0. The molecule has 42 heavy (non-hydrogen) atoms. The van der Waals surface area contributed by atoms with Crippen molar-refractivity contribution in [3.05, 3.63) is 0 Å². The van der Waals surface area contributed by atoms with Crippen LogP contribution in [-0.4, -0.2) is 103 Å². The summed E-state index contributed by atoms with van der Waals surface area (Å²) in [7, 11) is 8.02. The smallest absolute Gasteiger partial charge is 0.459 e. The van der Waals surface area contributed by atoms with E-state index in [1.807, 2.05) is 0 Å². The second kappa shape index (κ2) is 23.9. The number of hydrogen-bond acceptors (Lipinski definition) is 4. The van der Waals surface area contributed by atoms with Crippen molar-refractivity contribution >= 4 is 0 Å². The lowest BCUT2D eigenvalue weighted by Crippen LogP contribution is -3.00. The molecule has 0 fully saturated rings. The number of alkyl halides is 7. The molecule has 5 nitrogen and oxygen atoms in total. The van der Waals surface area contributed by atoms with Gasteiger partial charge in [0.25, 0.3) is 0 Å². The molecular weight excluding hydrogens is 595 g/mol. The number of quaternary nitrogens is 1. The Balaban J connectivity index is 0. The first-order chi connectivity index (χ1) is 19.1. The van der Waals surface area contributed by atoms with Crippen LogP contribution in [0.1, 0.15) is 89.9 Å². The molecule has 13 heteroatoms. The molecule has 0 spiro atoms. The average Bonchev–Trinajstić information content (AvgIpc) is 2.87. The van der Waals surface area contributed by atoms with Gasteiger partial charge in [0.1, 0.15) is 12.6 Å². The molecule has 0 amide bonds. The second-order valence-corrected chi connectivity index (χ2v) is 11.8. The van der Waals surface area contributed by atoms with Gasteiger partial charge in [-0.15, -0.1) is 0 Å². The van der Waals surface area contributed by atoms with Crippen LogP contribution in [0.5, 0.6) is 0 Å². The molecule has 0 aliphatic heterocycles. The van der Waals surface area contributed by atoms with Gasteiger partial charge < -0.3 is 35.8 Å². The fourth-order valence-corrected chi connectivity index (χ4v) is 4.03. The molecule has 0 saturated carbocycles. The van der Waals surface area contributed by atoms with Crippen LogP contribution >= 0.6 is 0 Å². The number of nitrogens with zero attached hydrogens (tertiary/aromatic N) is 1. The van der Waals surface area contributed by atoms with E-state index in [9.17, 15) is 30.7 Å². The maximum atomic E-state index is 13.2. The lowest BCUT2D eigenvalue weighted by atomic mass is 10.0. The van der Waals surface area contributed by atoms with Gasteiger partial charge in [-0.3, -0.25) is 0 Å². The highest BCUT2D eigenvalue weighted by Crippen LogP contribution is 2.48. The van der Waals surface area contributed by atoms with Crippen molar-refractivity contribution in [2.24, 2.45) is 0 Å². The fourth-order valence-electron chi connectivity index (χ4n) is 4.03. The van der Waals surface area contributed by atoms with Gasteiger partial charge in [-0.05, 0) is 12.8 Å². The van der Waals surface area contributed by atoms with Gasteiger partial charge in [0.2, 0.25) is 0 Å². The van der Waals surface area contributed by atoms with Gasteiger partial charge in [-0.25, -0.2) is 0 Å². The van der Waals surface area contributed by atoms with Crippen LogP contribution in [0.15, 0.2) is 0 Å². The first-order valence-electron chi connectivity index (χ1n) is 15.0. The normalized spacial score (nSPS) is 13.8. The van der Waals surface area contributed by atoms with Crippen LogP contribution in [0.25, 0.3) is 0 Å². The molecule has 0 bridgehead atoms. The summed E-state index contributed by atoms with van der Waals surface area (Å²) in [6.07, 6.45) is 3.05. The van der Waals surface area contributed by atoms with Crippen molar-refractivity contribution in [3.63, 3.8) is 0 Å². The fraction of sp³-hybridized carbons (Fsp3) is 1.00. The zero-order chi connectivity index (χ0) is 31.3. The number of ether oxygens (including phenoxy) is 4. The highest BCUT2D eigenvalue weighted by molar-refractivity contribution is 4.90. The Kier molecular flexibility index (Phi) is 24.9. The quantitative estimate of drug-likeness (QED) is 0.0675. The van der Waals surface area contributed by atoms with Crippen molar-refractivity contribution < 1.29 is 66.6 Å². The van der Waals surface area contributed by atoms with E-state index in [0.29, 0.717) is 46.1 Å². The minimum Gasteiger partial charge on any atom is -1.00 e. The van der Waals surface area contributed by atoms with Crippen molar-refractivity contribution in [2.45, 2.75) is 114 Å². The molecule has 0 aromatic rings. The monoisotopic (exact) mass is 649 g/mol. The number of unbranched alkanes of at least 4 members (excludes halogenated alkanes) is 12. The standard InChI is InChI=1S/C29H55F7NO4.ClH/c1-37(2,3)19-21-39-22-23-41-25-26(38-4)24-40-20-17-15-13-11-9-7-5-6-8-10-12-14-16-18-27(30,31)28(32,33)29(34,35)36;/h26H,5-25H2,1-4H3;1H/q+1;/p-1. The van der Waals surface area contributed by atoms with E-state index in [4.69, 9.17) is 18.9 Å². The molecule has 0 saturated heterocycles. The van der Waals surface area contributed by atoms with Gasteiger partial charge in [0.05, 0.1) is 54.2 Å². The molecule has 256 valence electrons. The summed E-state index contributed by atoms with van der Waals surface area (Å²) >= 11 is 0. The van der Waals surface area contributed by atoms with Gasteiger partial charge in [0, 0.05) is 20.1 Å². The van der Waals surface area contributed by atoms with Gasteiger partial charge in [-0.1, -0.05) is 70.6 Å². The third-order valence-corrected chi connectivity index (χ3v) is 6.81. The largest absolute Gasteiger partial charge is 1.00 e. The van der Waals surface area contributed by atoms with Gasteiger partial charge in [0.15, 0.2) is 0 Å². The Morgan fingerprint density at radius 3 is 1.38 bits per heavy atom. The maximum absolute atomic E-state index is 13.2. The van der Waals surface area contributed by atoms with Crippen LogP contribution in [-0.2, 0) is 18.9 Å². The molecule has 0 aromatic heterocycles. The summed E-state index contributed by atoms with van der Waals surface area (Å²) < 4.78 is 112. The van der Waals surface area contributed by atoms with E-state index in [1.54, 1.807) is 7.11 Å². The van der Waals surface area contributed by atoms with Crippen LogP contribution in [0, 0.1) is 0 Å². The molecule has 1 unspecified atom stereocenters. The number of rotatable bonds is 28. The van der Waals surface area contributed by atoms with E-state index in [0.717, 1.165) is 75.2 Å². The molecule has 0 aliphatic rings. The Labute approximate surface area is 255 Å². The Hall–Kier alpha value is -0.400. The van der Waals surface area contributed by atoms with Gasteiger partial charge in [-0.2, -0.15) is 30.7 Å². The lowest BCUT2D eigenvalue weighted by Gasteiger charge is -2.28. The van der Waals surface area contributed by atoms with E-state index in [1.165, 1.54) is 0 Å². The van der Waals surface area contributed by atoms with Crippen LogP contribution in [0.3, 0.4) is 0 Å². The minimum absolute atomic E-state index is 0. The van der Waals surface area contributed by atoms with E-state index in [-0.39, 0.29) is 31.4 Å². The predicted octanol–water partition coefficient (Wildman–Crippen LogP) is 5.06. The van der Waals surface area contributed by atoms with Crippen LogP contribution < -0.4 is 12.4 Å². The molecule has 1 atom stereocenters. The average molecular weight is 650 g/mol. The highest BCUT2D eigenvalue weighted by Gasteiger charge is 2.72. The lowest BCUT2D eigenvalue weighted by molar-refractivity contribution is -0.870. The van der Waals surface area contributed by atoms with E-state index in [2.05, 4.69) is 21.1 Å². The van der Waals surface area contributed by atoms with E-state index >= 15 is 0 Å². The van der Waals surface area contributed by atoms with Crippen molar-refractivity contribution in [2.75, 3.05) is 74.4 Å². The van der Waals surface area contributed by atoms with Crippen LogP contribution in [0.2, 0.25) is 0 Å². The first-order valence-corrected chi connectivity index (χ1v) is 15.0. The Morgan fingerprint density at radius 2 is 0.952 bits per heavy atom. The third-order valence-electron chi connectivity index (χ3n) is 6.81. The summed E-state index contributed by atoms with van der Waals surface area (Å²) in [6, 6.07) is 0. The van der Waals surface area contributed by atoms with Crippen molar-refractivity contribution in [3.8, 4) is 0 Å². The maximum Gasteiger partial charge on any atom is 0.459 e. The topological polar surface area (TPSA) is 36.9 Å². The number of methoxy groups -OCH3 is 1. The summed E-state index contributed by atoms with van der Waals surface area (Å²) in [5.41, 5.74) is 0. The van der Waals surface area contributed by atoms with E-state index < -0.39 is 24.4 Å². The minimum atomic E-state index is -6.24. The Bertz CT molecular complexity index is 624. The number of halogens is 8. The molecular formula is C29H55ClF7NO4. The molecule has 0 aromatic carbocycles. The van der Waals surface area contributed by atoms with Gasteiger partial charge >= 0.3 is 18.0 Å². The summed E-state index contributed by atoms with van der Waals surface area (Å²) in [6.45, 7) is 4.42. The van der Waals surface area contributed by atoms with Crippen molar-refractivity contribution in [1.82, 2.24) is 0 Å². The molecule has 0 N–H and O–H groups in total. The molecule has 0 aliphatic carbocycles. The number of hydrogen-bond donors (Lipinski definition) is 0. The molecule has 0 heterocycles. The summed E-state index contributed by atoms with van der Waals surface area (Å²) in [5.74, 6) is -11.1.